The van der Waals surface area contributed by atoms with Crippen LogP contribution in [0.1, 0.15) is 43.4 Å². The van der Waals surface area contributed by atoms with Crippen LogP contribution in [-0.4, -0.2) is 35.7 Å². The monoisotopic (exact) mass is 320 g/mol. The first kappa shape index (κ1) is 16.2. The third-order valence-corrected chi connectivity index (χ3v) is 5.16. The Morgan fingerprint density at radius 3 is 2.87 bits per heavy atom. The molecule has 0 bridgehead atoms. The van der Waals surface area contributed by atoms with Crippen LogP contribution < -0.4 is 5.32 Å². The molecule has 0 heterocycles. The number of hydrogen-bond donors (Lipinski definition) is 2. The SMILES string of the molecule is CC1CCc2c(F)cccc2C1NC(=O)N(C)CC(O)C1CC1. The van der Waals surface area contributed by atoms with Crippen molar-refractivity contribution in [2.75, 3.05) is 13.6 Å². The van der Waals surface area contributed by atoms with E-state index in [9.17, 15) is 14.3 Å². The van der Waals surface area contributed by atoms with Crippen LogP contribution in [0.15, 0.2) is 18.2 Å². The molecule has 4 nitrogen and oxygen atoms in total. The summed E-state index contributed by atoms with van der Waals surface area (Å²) in [5.74, 6) is 0.412. The van der Waals surface area contributed by atoms with Crippen LogP contribution in [0.5, 0.6) is 0 Å². The number of aliphatic hydroxyl groups is 1. The molecule has 3 unspecified atom stereocenters. The highest BCUT2D eigenvalue weighted by Crippen LogP contribution is 2.36. The van der Waals surface area contributed by atoms with E-state index < -0.39 is 6.10 Å². The smallest absolute Gasteiger partial charge is 0.317 e. The minimum absolute atomic E-state index is 0.178. The molecule has 1 fully saturated rings. The second-order valence-electron chi connectivity index (χ2n) is 7.04. The summed E-state index contributed by atoms with van der Waals surface area (Å²) in [7, 11) is 1.70. The summed E-state index contributed by atoms with van der Waals surface area (Å²) < 4.78 is 14.0. The number of halogens is 1. The first-order valence-corrected chi connectivity index (χ1v) is 8.44. The molecule has 2 N–H and O–H groups in total. The highest BCUT2D eigenvalue weighted by molar-refractivity contribution is 5.74. The number of nitrogens with zero attached hydrogens (tertiary/aromatic N) is 1. The number of nitrogens with one attached hydrogen (secondary N) is 1. The van der Waals surface area contributed by atoms with Gasteiger partial charge in [0.1, 0.15) is 5.82 Å². The molecule has 0 aliphatic heterocycles. The molecule has 2 aliphatic rings. The zero-order valence-electron chi connectivity index (χ0n) is 13.8. The summed E-state index contributed by atoms with van der Waals surface area (Å²) >= 11 is 0. The van der Waals surface area contributed by atoms with Crippen LogP contribution in [0.25, 0.3) is 0 Å². The predicted molar refractivity (Wildman–Crippen MR) is 86.5 cm³/mol. The highest BCUT2D eigenvalue weighted by atomic mass is 19.1. The fourth-order valence-electron chi connectivity index (χ4n) is 3.43. The molecule has 0 spiro atoms. The van der Waals surface area contributed by atoms with Crippen molar-refractivity contribution in [3.63, 3.8) is 0 Å². The number of urea groups is 1. The Hall–Kier alpha value is -1.62. The molecule has 1 aromatic rings. The van der Waals surface area contributed by atoms with Crippen LogP contribution in [0.4, 0.5) is 9.18 Å². The molecular weight excluding hydrogens is 295 g/mol. The Kier molecular flexibility index (Phi) is 4.57. The Morgan fingerprint density at radius 2 is 2.17 bits per heavy atom. The van der Waals surface area contributed by atoms with Crippen molar-refractivity contribution in [1.82, 2.24) is 10.2 Å². The maximum absolute atomic E-state index is 14.0. The van der Waals surface area contributed by atoms with Gasteiger partial charge in [-0.05, 0) is 54.7 Å². The van der Waals surface area contributed by atoms with E-state index in [1.807, 2.05) is 6.07 Å². The Bertz CT molecular complexity index is 588. The molecule has 0 saturated heterocycles. The van der Waals surface area contributed by atoms with E-state index >= 15 is 0 Å². The van der Waals surface area contributed by atoms with Crippen LogP contribution in [0.2, 0.25) is 0 Å². The minimum Gasteiger partial charge on any atom is -0.391 e. The molecule has 3 atom stereocenters. The Morgan fingerprint density at radius 1 is 1.43 bits per heavy atom. The lowest BCUT2D eigenvalue weighted by Gasteiger charge is -2.33. The Labute approximate surface area is 136 Å². The number of rotatable bonds is 4. The number of amides is 2. The summed E-state index contributed by atoms with van der Waals surface area (Å²) in [5, 5.41) is 13.0. The van der Waals surface area contributed by atoms with E-state index in [0.29, 0.717) is 18.9 Å². The molecule has 5 heteroatoms. The number of aliphatic hydroxyl groups excluding tert-OH is 1. The van der Waals surface area contributed by atoms with Crippen molar-refractivity contribution < 1.29 is 14.3 Å². The second-order valence-corrected chi connectivity index (χ2v) is 7.04. The molecular formula is C18H25FN2O2. The molecule has 0 aromatic heterocycles. The minimum atomic E-state index is -0.445. The lowest BCUT2D eigenvalue weighted by Crippen LogP contribution is -2.45. The van der Waals surface area contributed by atoms with Crippen LogP contribution >= 0.6 is 0 Å². The molecule has 3 rings (SSSR count). The number of hydrogen-bond acceptors (Lipinski definition) is 2. The number of likely N-dealkylation sites (N-methyl/N-ethyl adjacent to an activating group) is 1. The van der Waals surface area contributed by atoms with Gasteiger partial charge in [0.2, 0.25) is 0 Å². The van der Waals surface area contributed by atoms with Gasteiger partial charge < -0.3 is 15.3 Å². The van der Waals surface area contributed by atoms with Crippen molar-refractivity contribution in [2.45, 2.75) is 44.8 Å². The van der Waals surface area contributed by atoms with Gasteiger partial charge in [-0.3, -0.25) is 0 Å². The van der Waals surface area contributed by atoms with Crippen molar-refractivity contribution in [2.24, 2.45) is 11.8 Å². The Balaban J connectivity index is 1.69. The van der Waals surface area contributed by atoms with Crippen molar-refractivity contribution in [3.8, 4) is 0 Å². The molecule has 0 radical (unpaired) electrons. The summed E-state index contributed by atoms with van der Waals surface area (Å²) in [4.78, 5) is 14.0. The molecule has 1 saturated carbocycles. The topological polar surface area (TPSA) is 52.6 Å². The lowest BCUT2D eigenvalue weighted by atomic mass is 9.80. The van der Waals surface area contributed by atoms with E-state index in [4.69, 9.17) is 0 Å². The summed E-state index contributed by atoms with van der Waals surface area (Å²) in [6.07, 6.45) is 3.21. The maximum Gasteiger partial charge on any atom is 0.317 e. The third kappa shape index (κ3) is 3.50. The van der Waals surface area contributed by atoms with Gasteiger partial charge in [0, 0.05) is 13.6 Å². The third-order valence-electron chi connectivity index (χ3n) is 5.16. The van der Waals surface area contributed by atoms with E-state index in [2.05, 4.69) is 12.2 Å². The van der Waals surface area contributed by atoms with Crippen LogP contribution in [0, 0.1) is 17.7 Å². The van der Waals surface area contributed by atoms with Crippen LogP contribution in [-0.2, 0) is 6.42 Å². The summed E-state index contributed by atoms with van der Waals surface area (Å²) in [6.45, 7) is 2.42. The molecule has 23 heavy (non-hydrogen) atoms. The fraction of sp³-hybridized carbons (Fsp3) is 0.611. The zero-order chi connectivity index (χ0) is 16.6. The van der Waals surface area contributed by atoms with E-state index in [1.165, 1.54) is 11.0 Å². The first-order chi connectivity index (χ1) is 11.0. The van der Waals surface area contributed by atoms with Gasteiger partial charge in [0.15, 0.2) is 0 Å². The van der Waals surface area contributed by atoms with Crippen molar-refractivity contribution in [3.05, 3.63) is 35.1 Å². The van der Waals surface area contributed by atoms with Gasteiger partial charge in [-0.15, -0.1) is 0 Å². The van der Waals surface area contributed by atoms with Gasteiger partial charge in [-0.25, -0.2) is 9.18 Å². The van der Waals surface area contributed by atoms with Gasteiger partial charge >= 0.3 is 6.03 Å². The first-order valence-electron chi connectivity index (χ1n) is 8.44. The number of carbonyl (C=O) groups is 1. The van der Waals surface area contributed by atoms with Crippen molar-refractivity contribution in [1.29, 1.82) is 0 Å². The van der Waals surface area contributed by atoms with Gasteiger partial charge in [-0.1, -0.05) is 19.1 Å². The van der Waals surface area contributed by atoms with E-state index in [0.717, 1.165) is 30.4 Å². The van der Waals surface area contributed by atoms with Gasteiger partial charge in [0.25, 0.3) is 0 Å². The largest absolute Gasteiger partial charge is 0.391 e. The zero-order valence-corrected chi connectivity index (χ0v) is 13.8. The number of fused-ring (bicyclic) bond motifs is 1. The highest BCUT2D eigenvalue weighted by Gasteiger charge is 2.33. The van der Waals surface area contributed by atoms with Crippen molar-refractivity contribution >= 4 is 6.03 Å². The number of benzene rings is 1. The predicted octanol–water partition coefficient (Wildman–Crippen LogP) is 2.86. The van der Waals surface area contributed by atoms with Crippen LogP contribution in [0.3, 0.4) is 0 Å². The maximum atomic E-state index is 14.0. The molecule has 2 amide bonds. The molecule has 1 aromatic carbocycles. The molecule has 2 aliphatic carbocycles. The van der Waals surface area contributed by atoms with Gasteiger partial charge in [0.05, 0.1) is 12.1 Å². The summed E-state index contributed by atoms with van der Waals surface area (Å²) in [6, 6.07) is 4.69. The fourth-order valence-corrected chi connectivity index (χ4v) is 3.43. The number of carbonyl (C=O) groups excluding carboxylic acids is 1. The normalized spacial score (nSPS) is 24.7. The molecule has 126 valence electrons. The lowest BCUT2D eigenvalue weighted by molar-refractivity contribution is 0.111. The second kappa shape index (κ2) is 6.48. The van der Waals surface area contributed by atoms with E-state index in [-0.39, 0.29) is 23.8 Å². The quantitative estimate of drug-likeness (QED) is 0.896. The van der Waals surface area contributed by atoms with E-state index in [1.54, 1.807) is 13.1 Å². The average molecular weight is 320 g/mol. The summed E-state index contributed by atoms with van der Waals surface area (Å²) in [5.41, 5.74) is 1.60. The average Bonchev–Trinajstić information content (AvgIpc) is 3.35. The van der Waals surface area contributed by atoms with Gasteiger partial charge in [-0.2, -0.15) is 0 Å². The standard InChI is InChI=1S/C18H25FN2O2/c1-11-6-9-13-14(4-3-5-15(13)19)17(11)20-18(23)21(2)10-16(22)12-7-8-12/h3-5,11-12,16-17,22H,6-10H2,1-2H3,(H,20,23).